The van der Waals surface area contributed by atoms with Crippen molar-refractivity contribution in [3.8, 4) is 5.69 Å². The summed E-state index contributed by atoms with van der Waals surface area (Å²) in [4.78, 5) is 12.5. The molecule has 1 atom stereocenters. The third kappa shape index (κ3) is 4.26. The Balaban J connectivity index is 1.76. The van der Waals surface area contributed by atoms with Crippen LogP contribution in [0.1, 0.15) is 18.3 Å². The van der Waals surface area contributed by atoms with E-state index in [0.29, 0.717) is 15.9 Å². The van der Waals surface area contributed by atoms with Crippen LogP contribution in [0, 0.1) is 13.8 Å². The number of aryl methyl sites for hydroxylation is 2. The van der Waals surface area contributed by atoms with Gasteiger partial charge in [-0.05, 0) is 51.1 Å². The van der Waals surface area contributed by atoms with Gasteiger partial charge in [0, 0.05) is 16.4 Å². The van der Waals surface area contributed by atoms with Crippen molar-refractivity contribution >= 4 is 35.0 Å². The van der Waals surface area contributed by atoms with Crippen molar-refractivity contribution in [2.45, 2.75) is 31.2 Å². The van der Waals surface area contributed by atoms with E-state index in [9.17, 15) is 4.79 Å². The number of anilines is 1. The Bertz CT molecular complexity index is 924. The van der Waals surface area contributed by atoms with Crippen molar-refractivity contribution in [2.75, 3.05) is 5.32 Å². The van der Waals surface area contributed by atoms with E-state index in [2.05, 4.69) is 15.5 Å². The number of nitrogens with zero attached hydrogens (tertiary/aromatic N) is 3. The van der Waals surface area contributed by atoms with Crippen molar-refractivity contribution in [3.63, 3.8) is 0 Å². The zero-order valence-electron chi connectivity index (χ0n) is 14.7. The summed E-state index contributed by atoms with van der Waals surface area (Å²) in [5.41, 5.74) is 2.83. The molecule has 26 heavy (non-hydrogen) atoms. The highest BCUT2D eigenvalue weighted by atomic mass is 35.5. The molecule has 1 unspecified atom stereocenters. The topological polar surface area (TPSA) is 59.8 Å². The van der Waals surface area contributed by atoms with Gasteiger partial charge in [-0.25, -0.2) is 0 Å². The van der Waals surface area contributed by atoms with Crippen LogP contribution in [0.25, 0.3) is 5.69 Å². The molecule has 2 aromatic carbocycles. The highest BCUT2D eigenvalue weighted by molar-refractivity contribution is 8.00. The molecule has 1 amide bonds. The van der Waals surface area contributed by atoms with Crippen LogP contribution < -0.4 is 5.32 Å². The summed E-state index contributed by atoms with van der Waals surface area (Å²) in [7, 11) is 0. The highest BCUT2D eigenvalue weighted by Gasteiger charge is 2.20. The van der Waals surface area contributed by atoms with Crippen molar-refractivity contribution in [1.82, 2.24) is 14.8 Å². The van der Waals surface area contributed by atoms with Gasteiger partial charge in [0.2, 0.25) is 5.91 Å². The predicted octanol–water partition coefficient (Wildman–Crippen LogP) is 4.66. The number of hydrogen-bond donors (Lipinski definition) is 1. The lowest BCUT2D eigenvalue weighted by Gasteiger charge is -2.13. The Morgan fingerprint density at radius 3 is 2.58 bits per heavy atom. The lowest BCUT2D eigenvalue weighted by molar-refractivity contribution is -0.115. The first-order chi connectivity index (χ1) is 12.4. The van der Waals surface area contributed by atoms with E-state index in [0.717, 1.165) is 11.5 Å². The summed E-state index contributed by atoms with van der Waals surface area (Å²) in [6.07, 6.45) is 0. The summed E-state index contributed by atoms with van der Waals surface area (Å²) < 4.78 is 1.95. The van der Waals surface area contributed by atoms with Crippen LogP contribution in [-0.2, 0) is 4.79 Å². The minimum absolute atomic E-state index is 0.117. The third-order valence-corrected chi connectivity index (χ3v) is 5.11. The molecular formula is C19H19ClN4OS. The lowest BCUT2D eigenvalue weighted by Crippen LogP contribution is -2.22. The van der Waals surface area contributed by atoms with Crippen LogP contribution >= 0.6 is 23.4 Å². The third-order valence-electron chi connectivity index (χ3n) is 3.83. The Morgan fingerprint density at radius 2 is 1.88 bits per heavy atom. The van der Waals surface area contributed by atoms with Gasteiger partial charge in [0.15, 0.2) is 5.16 Å². The molecule has 0 bridgehead atoms. The van der Waals surface area contributed by atoms with Crippen LogP contribution in [0.4, 0.5) is 5.69 Å². The normalized spacial score (nSPS) is 12.0. The van der Waals surface area contributed by atoms with Crippen LogP contribution in [0.5, 0.6) is 0 Å². The second-order valence-electron chi connectivity index (χ2n) is 5.96. The first kappa shape index (κ1) is 18.5. The van der Waals surface area contributed by atoms with Crippen molar-refractivity contribution in [2.24, 2.45) is 0 Å². The van der Waals surface area contributed by atoms with Crippen LogP contribution in [0.2, 0.25) is 5.02 Å². The second-order valence-corrected chi connectivity index (χ2v) is 7.70. The fourth-order valence-corrected chi connectivity index (χ4v) is 3.54. The van der Waals surface area contributed by atoms with Gasteiger partial charge in [-0.2, -0.15) is 0 Å². The molecule has 0 aliphatic heterocycles. The van der Waals surface area contributed by atoms with E-state index in [1.54, 1.807) is 24.3 Å². The highest BCUT2D eigenvalue weighted by Crippen LogP contribution is 2.26. The Morgan fingerprint density at radius 1 is 1.15 bits per heavy atom. The van der Waals surface area contributed by atoms with Crippen LogP contribution in [-0.4, -0.2) is 25.9 Å². The maximum Gasteiger partial charge on any atom is 0.237 e. The number of carbonyl (C=O) groups is 1. The largest absolute Gasteiger partial charge is 0.325 e. The van der Waals surface area contributed by atoms with Gasteiger partial charge in [0.1, 0.15) is 5.82 Å². The molecule has 3 rings (SSSR count). The molecule has 7 heteroatoms. The van der Waals surface area contributed by atoms with Crippen LogP contribution in [0.3, 0.4) is 0 Å². The standard InChI is InChI=1S/C19H19ClN4OS/c1-12-7-9-17(10-8-12)24-14(3)22-23-19(24)26-13(2)18(25)21-16-6-4-5-15(20)11-16/h4-11,13H,1-3H3,(H,21,25). The summed E-state index contributed by atoms with van der Waals surface area (Å²) >= 11 is 7.33. The average molecular weight is 387 g/mol. The molecule has 0 aliphatic rings. The summed E-state index contributed by atoms with van der Waals surface area (Å²) in [5.74, 6) is 0.659. The first-order valence-electron chi connectivity index (χ1n) is 8.16. The van der Waals surface area contributed by atoms with E-state index >= 15 is 0 Å². The maximum atomic E-state index is 12.5. The number of carbonyl (C=O) groups excluding carboxylic acids is 1. The molecule has 3 aromatic rings. The summed E-state index contributed by atoms with van der Waals surface area (Å²) in [5, 5.41) is 12.2. The summed E-state index contributed by atoms with van der Waals surface area (Å²) in [6, 6.07) is 15.2. The molecule has 1 N–H and O–H groups in total. The van der Waals surface area contributed by atoms with Gasteiger partial charge in [-0.1, -0.05) is 47.1 Å². The Labute approximate surface area is 161 Å². The van der Waals surface area contributed by atoms with Gasteiger partial charge in [-0.15, -0.1) is 10.2 Å². The number of hydrogen-bond acceptors (Lipinski definition) is 4. The lowest BCUT2D eigenvalue weighted by atomic mass is 10.2. The maximum absolute atomic E-state index is 12.5. The minimum Gasteiger partial charge on any atom is -0.325 e. The second kappa shape index (κ2) is 7.93. The average Bonchev–Trinajstić information content (AvgIpc) is 2.96. The van der Waals surface area contributed by atoms with E-state index in [-0.39, 0.29) is 11.2 Å². The van der Waals surface area contributed by atoms with E-state index in [1.807, 2.05) is 49.6 Å². The van der Waals surface area contributed by atoms with Crippen molar-refractivity contribution < 1.29 is 4.79 Å². The monoisotopic (exact) mass is 386 g/mol. The fraction of sp³-hybridized carbons (Fsp3) is 0.211. The van der Waals surface area contributed by atoms with Gasteiger partial charge < -0.3 is 5.32 Å². The SMILES string of the molecule is Cc1ccc(-n2c(C)nnc2SC(C)C(=O)Nc2cccc(Cl)c2)cc1. The molecule has 1 aromatic heterocycles. The van der Waals surface area contributed by atoms with Crippen molar-refractivity contribution in [1.29, 1.82) is 0 Å². The van der Waals surface area contributed by atoms with E-state index in [4.69, 9.17) is 11.6 Å². The predicted molar refractivity (Wildman–Crippen MR) is 106 cm³/mol. The molecule has 0 aliphatic carbocycles. The molecule has 5 nitrogen and oxygen atoms in total. The number of aromatic nitrogens is 3. The fourth-order valence-electron chi connectivity index (χ4n) is 2.43. The molecule has 1 heterocycles. The zero-order chi connectivity index (χ0) is 18.7. The number of benzene rings is 2. The van der Waals surface area contributed by atoms with E-state index in [1.165, 1.54) is 17.3 Å². The number of halogens is 1. The number of amides is 1. The Kier molecular flexibility index (Phi) is 5.64. The van der Waals surface area contributed by atoms with E-state index < -0.39 is 0 Å². The van der Waals surface area contributed by atoms with Gasteiger partial charge >= 0.3 is 0 Å². The number of thioether (sulfide) groups is 1. The molecule has 0 radical (unpaired) electrons. The van der Waals surface area contributed by atoms with Crippen molar-refractivity contribution in [3.05, 3.63) is 64.9 Å². The zero-order valence-corrected chi connectivity index (χ0v) is 16.3. The number of nitrogens with one attached hydrogen (secondary N) is 1. The first-order valence-corrected chi connectivity index (χ1v) is 9.42. The van der Waals surface area contributed by atoms with Gasteiger partial charge in [0.05, 0.1) is 5.25 Å². The van der Waals surface area contributed by atoms with Gasteiger partial charge in [-0.3, -0.25) is 9.36 Å². The Hall–Kier alpha value is -2.31. The molecular weight excluding hydrogens is 368 g/mol. The quantitative estimate of drug-likeness (QED) is 0.648. The smallest absolute Gasteiger partial charge is 0.237 e. The molecule has 0 spiro atoms. The molecule has 0 fully saturated rings. The summed E-state index contributed by atoms with van der Waals surface area (Å²) in [6.45, 7) is 5.78. The van der Waals surface area contributed by atoms with Crippen LogP contribution in [0.15, 0.2) is 53.7 Å². The van der Waals surface area contributed by atoms with Gasteiger partial charge in [0.25, 0.3) is 0 Å². The molecule has 134 valence electrons. The minimum atomic E-state index is -0.346. The number of rotatable bonds is 5. The molecule has 0 saturated carbocycles. The molecule has 0 saturated heterocycles.